The van der Waals surface area contributed by atoms with Crippen molar-refractivity contribution < 1.29 is 4.39 Å². The number of hydrogen-bond acceptors (Lipinski definition) is 0. The van der Waals surface area contributed by atoms with E-state index in [0.29, 0.717) is 5.92 Å². The Morgan fingerprint density at radius 1 is 0.882 bits per heavy atom. The zero-order valence-corrected chi connectivity index (χ0v) is 11.4. The minimum Gasteiger partial charge on any atom is -0.207 e. The van der Waals surface area contributed by atoms with E-state index in [-0.39, 0.29) is 5.82 Å². The fraction of sp³-hybridized carbons (Fsp3) is 0.625. The Labute approximate surface area is 105 Å². The van der Waals surface area contributed by atoms with Crippen LogP contribution in [-0.4, -0.2) is 0 Å². The molecule has 1 aromatic rings. The molecule has 1 aromatic carbocycles. The van der Waals surface area contributed by atoms with E-state index in [1.54, 1.807) is 12.1 Å². The molecule has 0 spiro atoms. The molecule has 0 saturated heterocycles. The summed E-state index contributed by atoms with van der Waals surface area (Å²) in [6.45, 7) is 6.79. The summed E-state index contributed by atoms with van der Waals surface area (Å²) in [4.78, 5) is 0. The van der Waals surface area contributed by atoms with Crippen molar-refractivity contribution in [1.29, 1.82) is 0 Å². The van der Waals surface area contributed by atoms with Crippen LogP contribution in [0, 0.1) is 11.7 Å². The first-order valence-electron chi connectivity index (χ1n) is 6.85. The van der Waals surface area contributed by atoms with Crippen molar-refractivity contribution in [3.63, 3.8) is 0 Å². The van der Waals surface area contributed by atoms with Gasteiger partial charge in [-0.25, -0.2) is 4.39 Å². The molecular formula is C16H25F. The van der Waals surface area contributed by atoms with Gasteiger partial charge in [0, 0.05) is 0 Å². The van der Waals surface area contributed by atoms with E-state index < -0.39 is 0 Å². The zero-order valence-electron chi connectivity index (χ0n) is 11.4. The van der Waals surface area contributed by atoms with Crippen LogP contribution in [0.1, 0.15) is 64.4 Å². The van der Waals surface area contributed by atoms with Crippen LogP contribution in [0.2, 0.25) is 0 Å². The van der Waals surface area contributed by atoms with E-state index in [1.165, 1.54) is 37.7 Å². The normalized spacial score (nSPS) is 13.0. The molecular weight excluding hydrogens is 211 g/mol. The fourth-order valence-corrected chi connectivity index (χ4v) is 2.14. The highest BCUT2D eigenvalue weighted by Gasteiger charge is 2.05. The second-order valence-electron chi connectivity index (χ2n) is 5.48. The van der Waals surface area contributed by atoms with Gasteiger partial charge in [-0.2, -0.15) is 0 Å². The predicted octanol–water partition coefficient (Wildman–Crippen LogP) is 5.54. The first-order chi connectivity index (χ1) is 8.09. The Kier molecular flexibility index (Phi) is 6.25. The van der Waals surface area contributed by atoms with E-state index in [9.17, 15) is 4.39 Å². The summed E-state index contributed by atoms with van der Waals surface area (Å²) in [6.07, 6.45) is 6.50. The third kappa shape index (κ3) is 5.86. The minimum atomic E-state index is -0.141. The van der Waals surface area contributed by atoms with Crippen molar-refractivity contribution in [3.05, 3.63) is 35.6 Å². The number of benzene rings is 1. The van der Waals surface area contributed by atoms with E-state index in [1.807, 2.05) is 12.1 Å². The van der Waals surface area contributed by atoms with Crippen LogP contribution in [0.3, 0.4) is 0 Å². The summed E-state index contributed by atoms with van der Waals surface area (Å²) < 4.78 is 12.8. The van der Waals surface area contributed by atoms with Crippen LogP contribution >= 0.6 is 0 Å². The molecule has 1 heteroatoms. The Morgan fingerprint density at radius 3 is 2.06 bits per heavy atom. The number of rotatable bonds is 7. The first kappa shape index (κ1) is 14.2. The average molecular weight is 236 g/mol. The quantitative estimate of drug-likeness (QED) is 0.545. The molecule has 0 amide bonds. The molecule has 1 atom stereocenters. The molecule has 0 nitrogen and oxygen atoms in total. The van der Waals surface area contributed by atoms with Gasteiger partial charge in [-0.3, -0.25) is 0 Å². The Hall–Kier alpha value is -0.850. The van der Waals surface area contributed by atoms with Gasteiger partial charge in [0.25, 0.3) is 0 Å². The molecule has 0 heterocycles. The summed E-state index contributed by atoms with van der Waals surface area (Å²) in [5, 5.41) is 0. The largest absolute Gasteiger partial charge is 0.207 e. The molecule has 0 saturated carbocycles. The lowest BCUT2D eigenvalue weighted by Gasteiger charge is -2.12. The maximum atomic E-state index is 12.8. The van der Waals surface area contributed by atoms with Crippen molar-refractivity contribution in [2.45, 2.75) is 58.8 Å². The van der Waals surface area contributed by atoms with Gasteiger partial charge in [-0.1, -0.05) is 58.6 Å². The number of unbranched alkanes of at least 4 members (excludes halogenated alkanes) is 2. The lowest BCUT2D eigenvalue weighted by molar-refractivity contribution is 0.507. The number of halogens is 1. The third-order valence-electron chi connectivity index (χ3n) is 3.36. The highest BCUT2D eigenvalue weighted by molar-refractivity contribution is 5.19. The van der Waals surface area contributed by atoms with Crippen molar-refractivity contribution in [3.8, 4) is 0 Å². The first-order valence-corrected chi connectivity index (χ1v) is 6.85. The van der Waals surface area contributed by atoms with E-state index in [2.05, 4.69) is 20.8 Å². The Morgan fingerprint density at radius 2 is 1.47 bits per heavy atom. The van der Waals surface area contributed by atoms with Gasteiger partial charge in [0.15, 0.2) is 0 Å². The minimum absolute atomic E-state index is 0.141. The smallest absolute Gasteiger partial charge is 0.123 e. The highest BCUT2D eigenvalue weighted by Crippen LogP contribution is 2.22. The SMILES string of the molecule is CC(C)CCCCCC(C)c1ccc(F)cc1. The lowest BCUT2D eigenvalue weighted by Crippen LogP contribution is -1.94. The van der Waals surface area contributed by atoms with Gasteiger partial charge < -0.3 is 0 Å². The van der Waals surface area contributed by atoms with Crippen LogP contribution < -0.4 is 0 Å². The zero-order chi connectivity index (χ0) is 12.7. The molecule has 0 radical (unpaired) electrons. The standard InChI is InChI=1S/C16H25F/c1-13(2)7-5-4-6-8-14(3)15-9-11-16(17)12-10-15/h9-14H,4-8H2,1-3H3. The fourth-order valence-electron chi connectivity index (χ4n) is 2.14. The van der Waals surface area contributed by atoms with Crippen LogP contribution in [-0.2, 0) is 0 Å². The average Bonchev–Trinajstić information content (AvgIpc) is 2.29. The van der Waals surface area contributed by atoms with E-state index >= 15 is 0 Å². The van der Waals surface area contributed by atoms with Gasteiger partial charge >= 0.3 is 0 Å². The second kappa shape index (κ2) is 7.47. The van der Waals surface area contributed by atoms with Crippen molar-refractivity contribution in [1.82, 2.24) is 0 Å². The molecule has 17 heavy (non-hydrogen) atoms. The summed E-state index contributed by atoms with van der Waals surface area (Å²) >= 11 is 0. The van der Waals surface area contributed by atoms with Crippen molar-refractivity contribution >= 4 is 0 Å². The summed E-state index contributed by atoms with van der Waals surface area (Å²) in [5.74, 6) is 1.23. The van der Waals surface area contributed by atoms with Crippen LogP contribution in [0.25, 0.3) is 0 Å². The topological polar surface area (TPSA) is 0 Å². The van der Waals surface area contributed by atoms with E-state index in [4.69, 9.17) is 0 Å². The van der Waals surface area contributed by atoms with Gasteiger partial charge in [0.2, 0.25) is 0 Å². The molecule has 1 rings (SSSR count). The maximum Gasteiger partial charge on any atom is 0.123 e. The van der Waals surface area contributed by atoms with E-state index in [0.717, 1.165) is 5.92 Å². The molecule has 0 fully saturated rings. The Balaban J connectivity index is 2.21. The molecule has 1 unspecified atom stereocenters. The molecule has 0 bridgehead atoms. The molecule has 0 aliphatic rings. The monoisotopic (exact) mass is 236 g/mol. The molecule has 0 aromatic heterocycles. The highest BCUT2D eigenvalue weighted by atomic mass is 19.1. The molecule has 96 valence electrons. The van der Waals surface area contributed by atoms with Gasteiger partial charge in [-0.15, -0.1) is 0 Å². The van der Waals surface area contributed by atoms with Crippen LogP contribution in [0.4, 0.5) is 4.39 Å². The molecule has 0 aliphatic carbocycles. The van der Waals surface area contributed by atoms with Crippen molar-refractivity contribution in [2.24, 2.45) is 5.92 Å². The van der Waals surface area contributed by atoms with Gasteiger partial charge in [-0.05, 0) is 36.0 Å². The lowest BCUT2D eigenvalue weighted by atomic mass is 9.94. The van der Waals surface area contributed by atoms with Crippen molar-refractivity contribution in [2.75, 3.05) is 0 Å². The Bertz CT molecular complexity index is 300. The molecule has 0 N–H and O–H groups in total. The maximum absolute atomic E-state index is 12.8. The second-order valence-corrected chi connectivity index (χ2v) is 5.48. The van der Waals surface area contributed by atoms with Gasteiger partial charge in [0.1, 0.15) is 5.82 Å². The summed E-state index contributed by atoms with van der Waals surface area (Å²) in [5.41, 5.74) is 1.26. The third-order valence-corrected chi connectivity index (χ3v) is 3.36. The molecule has 0 aliphatic heterocycles. The summed E-state index contributed by atoms with van der Waals surface area (Å²) in [7, 11) is 0. The van der Waals surface area contributed by atoms with Crippen LogP contribution in [0.5, 0.6) is 0 Å². The summed E-state index contributed by atoms with van der Waals surface area (Å²) in [6, 6.07) is 6.94. The predicted molar refractivity (Wildman–Crippen MR) is 72.7 cm³/mol. The van der Waals surface area contributed by atoms with Crippen LogP contribution in [0.15, 0.2) is 24.3 Å². The number of hydrogen-bond donors (Lipinski definition) is 0. The van der Waals surface area contributed by atoms with Gasteiger partial charge in [0.05, 0.1) is 0 Å².